The molecule has 65 heavy (non-hydrogen) atoms. The maximum atomic E-state index is 14.0. The number of amides is 4. The number of ether oxygens (including phenoxy) is 2. The number of hydrogen-bond donors (Lipinski definition) is 8. The Hall–Kier alpha value is -4.74. The highest BCUT2D eigenvalue weighted by atomic mass is 32.2. The number of carbonyl (C=O) groups is 4. The third kappa shape index (κ3) is 17.2. The number of guanidine groups is 1. The van der Waals surface area contributed by atoms with Crippen molar-refractivity contribution in [2.45, 2.75) is 181 Å². The molecule has 0 spiro atoms. The number of fused-ring (bicyclic) bond motifs is 1. The second-order valence-electron chi connectivity index (χ2n) is 19.2. The van der Waals surface area contributed by atoms with E-state index in [1.807, 2.05) is 71.9 Å². The molecule has 2 aromatic carbocycles. The van der Waals surface area contributed by atoms with Crippen LogP contribution < -0.4 is 41.8 Å². The first kappa shape index (κ1) is 54.6. The SMILES string of the molecule is CCCCCCCCNC(=O)C(Cc1ccccc1)NC(=O)C(COC(C)(C)C)NC(=O)C(NC(=O)C(N)CCCNC(=N)NS(=O)(=O)c1c(C)c(C)c2c(c1C)CC(C)(C)O2)C(C)C. The monoisotopic (exact) mass is 927 g/mol. The Balaban J connectivity index is 1.61. The highest BCUT2D eigenvalue weighted by molar-refractivity contribution is 7.90. The summed E-state index contributed by atoms with van der Waals surface area (Å²) in [5.74, 6) is -2.31. The van der Waals surface area contributed by atoms with Crippen LogP contribution in [0.25, 0.3) is 0 Å². The molecular formula is C48H78N8O8S. The zero-order valence-corrected chi connectivity index (χ0v) is 41.5. The maximum Gasteiger partial charge on any atom is 0.264 e. The number of sulfonamides is 1. The van der Waals surface area contributed by atoms with Crippen LogP contribution in [0, 0.1) is 32.1 Å². The smallest absolute Gasteiger partial charge is 0.264 e. The van der Waals surface area contributed by atoms with Crippen LogP contribution >= 0.6 is 0 Å². The van der Waals surface area contributed by atoms with E-state index in [0.29, 0.717) is 36.3 Å². The lowest BCUT2D eigenvalue weighted by Crippen LogP contribution is -2.60. The normalized spacial score (nSPS) is 15.2. The molecule has 0 saturated heterocycles. The Kier molecular flexibility index (Phi) is 20.7. The van der Waals surface area contributed by atoms with Crippen molar-refractivity contribution in [2.24, 2.45) is 11.7 Å². The van der Waals surface area contributed by atoms with Crippen LogP contribution in [0.5, 0.6) is 5.75 Å². The van der Waals surface area contributed by atoms with Gasteiger partial charge in [-0.1, -0.05) is 83.2 Å². The van der Waals surface area contributed by atoms with E-state index >= 15 is 0 Å². The molecule has 0 radical (unpaired) electrons. The predicted molar refractivity (Wildman–Crippen MR) is 255 cm³/mol. The van der Waals surface area contributed by atoms with Gasteiger partial charge in [0, 0.05) is 31.5 Å². The largest absolute Gasteiger partial charge is 0.487 e. The molecule has 4 amide bonds. The molecule has 0 saturated carbocycles. The van der Waals surface area contributed by atoms with Crippen molar-refractivity contribution in [3.05, 3.63) is 58.1 Å². The summed E-state index contributed by atoms with van der Waals surface area (Å²) in [5.41, 5.74) is 8.70. The van der Waals surface area contributed by atoms with E-state index in [9.17, 15) is 27.6 Å². The summed E-state index contributed by atoms with van der Waals surface area (Å²) in [7, 11) is -4.13. The van der Waals surface area contributed by atoms with Gasteiger partial charge in [-0.2, -0.15) is 0 Å². The second kappa shape index (κ2) is 24.7. The van der Waals surface area contributed by atoms with Gasteiger partial charge in [0.05, 0.1) is 23.1 Å². The molecule has 17 heteroatoms. The average molecular weight is 927 g/mol. The Morgan fingerprint density at radius 1 is 0.815 bits per heavy atom. The average Bonchev–Trinajstić information content (AvgIpc) is 3.56. The van der Waals surface area contributed by atoms with Crippen LogP contribution in [0.3, 0.4) is 0 Å². The summed E-state index contributed by atoms with van der Waals surface area (Å²) in [6.45, 7) is 20.7. The van der Waals surface area contributed by atoms with Crippen molar-refractivity contribution in [2.75, 3.05) is 19.7 Å². The molecular weight excluding hydrogens is 849 g/mol. The first-order valence-corrected chi connectivity index (χ1v) is 24.6. The Labute approximate surface area is 388 Å². The van der Waals surface area contributed by atoms with E-state index in [1.54, 1.807) is 27.7 Å². The fourth-order valence-electron chi connectivity index (χ4n) is 7.68. The van der Waals surface area contributed by atoms with Gasteiger partial charge in [0.25, 0.3) is 10.0 Å². The van der Waals surface area contributed by atoms with E-state index in [1.165, 1.54) is 6.42 Å². The summed E-state index contributed by atoms with van der Waals surface area (Å²) in [6.07, 6.45) is 7.63. The van der Waals surface area contributed by atoms with E-state index in [2.05, 4.69) is 38.2 Å². The molecule has 0 fully saturated rings. The number of rotatable bonds is 25. The lowest BCUT2D eigenvalue weighted by molar-refractivity contribution is -0.137. The number of unbranched alkanes of at least 4 members (excludes halogenated alkanes) is 5. The molecule has 1 heterocycles. The van der Waals surface area contributed by atoms with Gasteiger partial charge in [0.1, 0.15) is 29.5 Å². The fraction of sp³-hybridized carbons (Fsp3) is 0.646. The topological polar surface area (TPSA) is 243 Å². The highest BCUT2D eigenvalue weighted by Gasteiger charge is 2.37. The second-order valence-corrected chi connectivity index (χ2v) is 20.9. The van der Waals surface area contributed by atoms with Crippen LogP contribution in [0.15, 0.2) is 35.2 Å². The van der Waals surface area contributed by atoms with Crippen molar-refractivity contribution in [1.82, 2.24) is 31.3 Å². The molecule has 4 unspecified atom stereocenters. The van der Waals surface area contributed by atoms with E-state index in [4.69, 9.17) is 20.6 Å². The first-order chi connectivity index (χ1) is 30.4. The summed E-state index contributed by atoms with van der Waals surface area (Å²) in [5, 5.41) is 22.4. The summed E-state index contributed by atoms with van der Waals surface area (Å²) in [4.78, 5) is 54.9. The zero-order valence-electron chi connectivity index (χ0n) is 40.7. The quantitative estimate of drug-likeness (QED) is 0.0381. The highest BCUT2D eigenvalue weighted by Crippen LogP contribution is 2.43. The van der Waals surface area contributed by atoms with Crippen LogP contribution in [-0.4, -0.2) is 93.1 Å². The minimum atomic E-state index is -4.13. The van der Waals surface area contributed by atoms with E-state index in [-0.39, 0.29) is 36.8 Å². The third-order valence-electron chi connectivity index (χ3n) is 11.4. The van der Waals surface area contributed by atoms with Gasteiger partial charge in [-0.3, -0.25) is 24.6 Å². The summed E-state index contributed by atoms with van der Waals surface area (Å²) in [6, 6.07) is 5.10. The van der Waals surface area contributed by atoms with Crippen molar-refractivity contribution < 1.29 is 37.1 Å². The molecule has 4 atom stereocenters. The minimum absolute atomic E-state index is 0.117. The Morgan fingerprint density at radius 2 is 1.43 bits per heavy atom. The Bertz CT molecular complexity index is 2050. The van der Waals surface area contributed by atoms with Gasteiger partial charge < -0.3 is 41.8 Å². The van der Waals surface area contributed by atoms with Gasteiger partial charge in [-0.05, 0) is 103 Å². The number of benzene rings is 2. The maximum absolute atomic E-state index is 14.0. The minimum Gasteiger partial charge on any atom is -0.487 e. The zero-order chi connectivity index (χ0) is 48.7. The van der Waals surface area contributed by atoms with Crippen molar-refractivity contribution in [1.29, 1.82) is 5.41 Å². The molecule has 3 rings (SSSR count). The Morgan fingerprint density at radius 3 is 2.06 bits per heavy atom. The number of carbonyl (C=O) groups excluding carboxylic acids is 4. The van der Waals surface area contributed by atoms with Crippen LogP contribution in [0.2, 0.25) is 0 Å². The van der Waals surface area contributed by atoms with Crippen LogP contribution in [-0.2, 0) is 46.8 Å². The van der Waals surface area contributed by atoms with E-state index < -0.39 is 75.0 Å². The van der Waals surface area contributed by atoms with Crippen molar-refractivity contribution in [3.8, 4) is 5.75 Å². The van der Waals surface area contributed by atoms with Gasteiger partial charge in [-0.15, -0.1) is 0 Å². The molecule has 1 aliphatic rings. The summed E-state index contributed by atoms with van der Waals surface area (Å²) < 4.78 is 41.5. The van der Waals surface area contributed by atoms with Crippen molar-refractivity contribution >= 4 is 39.6 Å². The predicted octanol–water partition coefficient (Wildman–Crippen LogP) is 4.88. The molecule has 0 bridgehead atoms. The molecule has 2 aromatic rings. The third-order valence-corrected chi connectivity index (χ3v) is 13.1. The lowest BCUT2D eigenvalue weighted by Gasteiger charge is -2.29. The van der Waals surface area contributed by atoms with Crippen LogP contribution in [0.1, 0.15) is 135 Å². The molecule has 0 aliphatic carbocycles. The van der Waals surface area contributed by atoms with Crippen molar-refractivity contribution in [3.63, 3.8) is 0 Å². The standard InChI is InChI=1S/C48H78N8O8S/c1-12-13-14-15-16-20-25-51-43(58)37(27-34-22-18-17-19-23-34)53-44(59)38(29-63-47(7,8)9)54-45(60)39(30(2)3)55-42(57)36(49)24-21-26-52-46(50)56-65(61,62)41-32(5)31(4)40-35(33(41)6)28-48(10,11)64-40/h17-19,22-23,30,36-39H,12-16,20-21,24-29,49H2,1-11H3,(H,51,58)(H,53,59)(H,54,60)(H,55,57)(H3,50,52,56). The first-order valence-electron chi connectivity index (χ1n) is 23.2. The molecule has 364 valence electrons. The lowest BCUT2D eigenvalue weighted by atomic mass is 9.94. The number of hydrogen-bond acceptors (Lipinski definition) is 10. The summed E-state index contributed by atoms with van der Waals surface area (Å²) >= 11 is 0. The number of nitrogens with one attached hydrogen (secondary N) is 7. The van der Waals surface area contributed by atoms with Gasteiger partial charge in [0.2, 0.25) is 29.6 Å². The van der Waals surface area contributed by atoms with Crippen LogP contribution in [0.4, 0.5) is 0 Å². The molecule has 16 nitrogen and oxygen atoms in total. The van der Waals surface area contributed by atoms with Gasteiger partial charge in [-0.25, -0.2) is 13.1 Å². The van der Waals surface area contributed by atoms with E-state index in [0.717, 1.165) is 48.8 Å². The van der Waals surface area contributed by atoms with Gasteiger partial charge in [0.15, 0.2) is 0 Å². The fourth-order valence-corrected chi connectivity index (χ4v) is 9.21. The molecule has 9 N–H and O–H groups in total. The van der Waals surface area contributed by atoms with Gasteiger partial charge >= 0.3 is 0 Å². The number of nitrogens with two attached hydrogens (primary N) is 1. The molecule has 0 aromatic heterocycles. The molecule has 1 aliphatic heterocycles.